The van der Waals surface area contributed by atoms with Crippen molar-refractivity contribution >= 4 is 27.5 Å². The number of carbonyl (C=O) groups excluding carboxylic acids is 1. The first kappa shape index (κ1) is 17.0. The van der Waals surface area contributed by atoms with Crippen LogP contribution in [-0.4, -0.2) is 48.6 Å². The van der Waals surface area contributed by atoms with Gasteiger partial charge in [-0.25, -0.2) is 8.42 Å². The molecular formula is C17H17NO4S2. The van der Waals surface area contributed by atoms with E-state index in [1.165, 1.54) is 29.2 Å². The van der Waals surface area contributed by atoms with E-state index in [1.54, 1.807) is 42.1 Å². The Balaban J connectivity index is 2.04. The zero-order valence-corrected chi connectivity index (χ0v) is 14.5. The summed E-state index contributed by atoms with van der Waals surface area (Å²) in [6.45, 7) is -0.133. The average molecular weight is 363 g/mol. The lowest BCUT2D eigenvalue weighted by atomic mass is 10.2. The molecule has 0 saturated carbocycles. The minimum absolute atomic E-state index is 0.00482. The first-order valence-electron chi connectivity index (χ1n) is 7.44. The Morgan fingerprint density at radius 2 is 1.79 bits per heavy atom. The smallest absolute Gasteiger partial charge is 0.256 e. The Bertz CT molecular complexity index is 837. The number of benzene rings is 2. The third-order valence-electron chi connectivity index (χ3n) is 3.91. The minimum atomic E-state index is -3.79. The van der Waals surface area contributed by atoms with Crippen LogP contribution in [0, 0.1) is 0 Å². The number of amides is 1. The van der Waals surface area contributed by atoms with E-state index in [0.717, 1.165) is 0 Å². The van der Waals surface area contributed by atoms with Crippen LogP contribution >= 0.6 is 11.8 Å². The summed E-state index contributed by atoms with van der Waals surface area (Å²) in [5, 5.41) is 9.41. The molecule has 1 atom stereocenters. The van der Waals surface area contributed by atoms with Gasteiger partial charge in [0.2, 0.25) is 9.84 Å². The number of thioether (sulfide) groups is 1. The van der Waals surface area contributed by atoms with Gasteiger partial charge in [-0.3, -0.25) is 4.79 Å². The lowest BCUT2D eigenvalue weighted by Crippen LogP contribution is -2.39. The molecule has 1 aliphatic heterocycles. The minimum Gasteiger partial charge on any atom is -0.394 e. The molecule has 0 bridgehead atoms. The highest BCUT2D eigenvalue weighted by atomic mass is 32.2. The molecule has 7 heteroatoms. The third-order valence-corrected chi connectivity index (χ3v) is 6.82. The van der Waals surface area contributed by atoms with Gasteiger partial charge in [0, 0.05) is 5.75 Å². The molecular weight excluding hydrogens is 346 g/mol. The molecule has 126 valence electrons. The molecule has 0 spiro atoms. The molecule has 1 heterocycles. The van der Waals surface area contributed by atoms with Crippen LogP contribution < -0.4 is 0 Å². The Morgan fingerprint density at radius 1 is 1.12 bits per heavy atom. The molecule has 0 aromatic heterocycles. The maximum atomic E-state index is 12.9. The van der Waals surface area contributed by atoms with Crippen molar-refractivity contribution in [2.45, 2.75) is 15.8 Å². The van der Waals surface area contributed by atoms with Crippen LogP contribution in [0.3, 0.4) is 0 Å². The van der Waals surface area contributed by atoms with Crippen LogP contribution in [0.2, 0.25) is 0 Å². The molecule has 1 N–H and O–H groups in total. The van der Waals surface area contributed by atoms with Gasteiger partial charge in [0.15, 0.2) is 0 Å². The van der Waals surface area contributed by atoms with Crippen molar-refractivity contribution in [1.29, 1.82) is 0 Å². The number of aliphatic hydroxyl groups excluding tert-OH is 1. The summed E-state index contributed by atoms with van der Waals surface area (Å²) >= 11 is 1.54. The van der Waals surface area contributed by atoms with E-state index in [1.807, 2.05) is 0 Å². The fourth-order valence-electron chi connectivity index (χ4n) is 2.62. The van der Waals surface area contributed by atoms with E-state index in [0.29, 0.717) is 11.6 Å². The summed E-state index contributed by atoms with van der Waals surface area (Å²) in [5.74, 6) is 0.730. The second kappa shape index (κ2) is 6.96. The molecule has 5 nitrogen and oxygen atoms in total. The molecule has 1 aliphatic rings. The van der Waals surface area contributed by atoms with Crippen molar-refractivity contribution < 1.29 is 18.3 Å². The van der Waals surface area contributed by atoms with Crippen LogP contribution in [-0.2, 0) is 9.84 Å². The molecule has 2 aromatic rings. The van der Waals surface area contributed by atoms with E-state index in [-0.39, 0.29) is 33.9 Å². The van der Waals surface area contributed by atoms with Crippen molar-refractivity contribution in [2.75, 3.05) is 18.2 Å². The van der Waals surface area contributed by atoms with Crippen molar-refractivity contribution in [3.05, 3.63) is 60.2 Å². The Labute approximate surface area is 145 Å². The average Bonchev–Trinajstić information content (AvgIpc) is 3.10. The molecule has 1 saturated heterocycles. The maximum Gasteiger partial charge on any atom is 0.256 e. The van der Waals surface area contributed by atoms with E-state index in [4.69, 9.17) is 0 Å². The molecule has 24 heavy (non-hydrogen) atoms. The summed E-state index contributed by atoms with van der Waals surface area (Å²) in [5.41, 5.74) is 0.141. The van der Waals surface area contributed by atoms with E-state index in [2.05, 4.69) is 0 Å². The number of hydrogen-bond donors (Lipinski definition) is 1. The van der Waals surface area contributed by atoms with Crippen molar-refractivity contribution in [1.82, 2.24) is 4.90 Å². The fourth-order valence-corrected chi connectivity index (χ4v) is 5.28. The Kier molecular flexibility index (Phi) is 4.93. The number of sulfone groups is 1. The van der Waals surface area contributed by atoms with E-state index in [9.17, 15) is 18.3 Å². The van der Waals surface area contributed by atoms with Gasteiger partial charge in [-0.05, 0) is 24.3 Å². The first-order chi connectivity index (χ1) is 11.6. The Hall–Kier alpha value is -1.83. The standard InChI is InChI=1S/C17H17NO4S2/c19-10-13-11-23-12-18(13)17(20)15-8-4-5-9-16(15)24(21,22)14-6-2-1-3-7-14/h1-9,13,19H,10-12H2. The molecule has 2 aromatic carbocycles. The SMILES string of the molecule is O=C(c1ccccc1S(=O)(=O)c1ccccc1)N1CSCC1CO. The molecule has 0 radical (unpaired) electrons. The zero-order valence-electron chi connectivity index (χ0n) is 12.8. The lowest BCUT2D eigenvalue weighted by Gasteiger charge is -2.23. The predicted octanol–water partition coefficient (Wildman–Crippen LogP) is 2.03. The van der Waals surface area contributed by atoms with Gasteiger partial charge < -0.3 is 10.0 Å². The van der Waals surface area contributed by atoms with E-state index >= 15 is 0 Å². The summed E-state index contributed by atoms with van der Waals surface area (Å²) in [6, 6.07) is 14.0. The highest BCUT2D eigenvalue weighted by molar-refractivity contribution is 7.99. The summed E-state index contributed by atoms with van der Waals surface area (Å²) in [7, 11) is -3.79. The molecule has 1 fully saturated rings. The largest absolute Gasteiger partial charge is 0.394 e. The maximum absolute atomic E-state index is 12.9. The van der Waals surface area contributed by atoms with Crippen LogP contribution in [0.15, 0.2) is 64.4 Å². The van der Waals surface area contributed by atoms with Gasteiger partial charge in [0.05, 0.1) is 33.9 Å². The molecule has 1 amide bonds. The van der Waals surface area contributed by atoms with Gasteiger partial charge in [0.1, 0.15) is 0 Å². The van der Waals surface area contributed by atoms with Crippen molar-refractivity contribution in [2.24, 2.45) is 0 Å². The number of nitrogens with zero attached hydrogens (tertiary/aromatic N) is 1. The van der Waals surface area contributed by atoms with Crippen molar-refractivity contribution in [3.63, 3.8) is 0 Å². The quantitative estimate of drug-likeness (QED) is 0.900. The fraction of sp³-hybridized carbons (Fsp3) is 0.235. The second-order valence-corrected chi connectivity index (χ2v) is 8.34. The van der Waals surface area contributed by atoms with Gasteiger partial charge in [-0.2, -0.15) is 0 Å². The van der Waals surface area contributed by atoms with Gasteiger partial charge >= 0.3 is 0 Å². The highest BCUT2D eigenvalue weighted by Gasteiger charge is 2.32. The van der Waals surface area contributed by atoms with Gasteiger partial charge in [-0.15, -0.1) is 11.8 Å². The van der Waals surface area contributed by atoms with E-state index < -0.39 is 9.84 Å². The topological polar surface area (TPSA) is 74.7 Å². The molecule has 3 rings (SSSR count). The molecule has 1 unspecified atom stereocenters. The number of hydrogen-bond acceptors (Lipinski definition) is 5. The monoisotopic (exact) mass is 363 g/mol. The second-order valence-electron chi connectivity index (χ2n) is 5.42. The normalized spacial score (nSPS) is 17.9. The number of rotatable bonds is 4. The summed E-state index contributed by atoms with van der Waals surface area (Å²) in [4.78, 5) is 14.5. The summed E-state index contributed by atoms with van der Waals surface area (Å²) in [6.07, 6.45) is 0. The Morgan fingerprint density at radius 3 is 2.50 bits per heavy atom. The predicted molar refractivity (Wildman–Crippen MR) is 92.7 cm³/mol. The van der Waals surface area contributed by atoms with Crippen LogP contribution in [0.5, 0.6) is 0 Å². The van der Waals surface area contributed by atoms with Crippen LogP contribution in [0.1, 0.15) is 10.4 Å². The van der Waals surface area contributed by atoms with Gasteiger partial charge in [0.25, 0.3) is 5.91 Å². The third kappa shape index (κ3) is 3.07. The first-order valence-corrected chi connectivity index (χ1v) is 10.1. The number of aliphatic hydroxyl groups is 1. The van der Waals surface area contributed by atoms with Crippen LogP contribution in [0.4, 0.5) is 0 Å². The lowest BCUT2D eigenvalue weighted by molar-refractivity contribution is 0.0687. The van der Waals surface area contributed by atoms with Gasteiger partial charge in [-0.1, -0.05) is 30.3 Å². The molecule has 0 aliphatic carbocycles. The number of carbonyl (C=O) groups is 1. The van der Waals surface area contributed by atoms with Crippen LogP contribution in [0.25, 0.3) is 0 Å². The highest BCUT2D eigenvalue weighted by Crippen LogP contribution is 2.28. The van der Waals surface area contributed by atoms with Crippen molar-refractivity contribution in [3.8, 4) is 0 Å². The zero-order chi connectivity index (χ0) is 17.2. The summed E-state index contributed by atoms with van der Waals surface area (Å²) < 4.78 is 25.8.